The van der Waals surface area contributed by atoms with Gasteiger partial charge in [-0.05, 0) is 42.9 Å². The summed E-state index contributed by atoms with van der Waals surface area (Å²) in [7, 11) is 0. The number of nitrogens with one attached hydrogen (secondary N) is 1. The maximum Gasteiger partial charge on any atom is 0.307 e. The predicted molar refractivity (Wildman–Crippen MR) is 92.0 cm³/mol. The normalized spacial score (nSPS) is 30.1. The zero-order valence-corrected chi connectivity index (χ0v) is 13.7. The number of aliphatic carboxylic acids is 1. The highest BCUT2D eigenvalue weighted by Crippen LogP contribution is 2.48. The summed E-state index contributed by atoms with van der Waals surface area (Å²) < 4.78 is 0. The first-order valence-electron chi connectivity index (χ1n) is 8.67. The SMILES string of the molecule is O=C(Nc1cccc(N2CCCC2=O)c1)[C@@H]1[C@@H](C(=O)O)[C@H]2C=C[C@@H]1C2. The lowest BCUT2D eigenvalue weighted by Gasteiger charge is -2.24. The Kier molecular flexibility index (Phi) is 3.82. The van der Waals surface area contributed by atoms with Crippen LogP contribution in [-0.4, -0.2) is 29.4 Å². The van der Waals surface area contributed by atoms with Crippen molar-refractivity contribution in [1.82, 2.24) is 0 Å². The molecule has 4 rings (SSSR count). The minimum atomic E-state index is -0.909. The lowest BCUT2D eigenvalue weighted by Crippen LogP contribution is -2.36. The molecule has 2 aliphatic carbocycles. The fourth-order valence-corrected chi connectivity index (χ4v) is 4.41. The van der Waals surface area contributed by atoms with Crippen LogP contribution in [0.25, 0.3) is 0 Å². The molecule has 0 aromatic heterocycles. The van der Waals surface area contributed by atoms with Crippen molar-refractivity contribution in [2.24, 2.45) is 23.7 Å². The van der Waals surface area contributed by atoms with Gasteiger partial charge in [-0.3, -0.25) is 14.4 Å². The van der Waals surface area contributed by atoms with Crippen LogP contribution in [0.1, 0.15) is 19.3 Å². The molecule has 4 atom stereocenters. The van der Waals surface area contributed by atoms with Crippen LogP contribution in [0.3, 0.4) is 0 Å². The number of hydrogen-bond donors (Lipinski definition) is 2. The summed E-state index contributed by atoms with van der Waals surface area (Å²) in [5.41, 5.74) is 1.36. The molecule has 0 spiro atoms. The van der Waals surface area contributed by atoms with E-state index in [2.05, 4.69) is 5.32 Å². The van der Waals surface area contributed by atoms with Crippen molar-refractivity contribution in [3.05, 3.63) is 36.4 Å². The lowest BCUT2D eigenvalue weighted by atomic mass is 9.82. The second kappa shape index (κ2) is 6.02. The number of fused-ring (bicyclic) bond motifs is 2. The molecule has 3 aliphatic rings. The van der Waals surface area contributed by atoms with Gasteiger partial charge in [0.15, 0.2) is 0 Å². The average molecular weight is 340 g/mol. The third-order valence-corrected chi connectivity index (χ3v) is 5.55. The van der Waals surface area contributed by atoms with Crippen LogP contribution in [0.15, 0.2) is 36.4 Å². The lowest BCUT2D eigenvalue weighted by molar-refractivity contribution is -0.146. The summed E-state index contributed by atoms with van der Waals surface area (Å²) in [5, 5.41) is 12.3. The van der Waals surface area contributed by atoms with E-state index in [1.807, 2.05) is 18.2 Å². The third kappa shape index (κ3) is 2.71. The van der Waals surface area contributed by atoms with Crippen LogP contribution in [0.4, 0.5) is 11.4 Å². The minimum absolute atomic E-state index is 0.00515. The summed E-state index contributed by atoms with van der Waals surface area (Å²) in [5.74, 6) is -2.32. The quantitative estimate of drug-likeness (QED) is 0.823. The molecular weight excluding hydrogens is 320 g/mol. The first-order valence-corrected chi connectivity index (χ1v) is 8.67. The molecule has 2 bridgehead atoms. The first kappa shape index (κ1) is 15.9. The van der Waals surface area contributed by atoms with Gasteiger partial charge in [-0.1, -0.05) is 18.2 Å². The van der Waals surface area contributed by atoms with Crippen LogP contribution < -0.4 is 10.2 Å². The molecule has 1 heterocycles. The van der Waals surface area contributed by atoms with E-state index < -0.39 is 17.8 Å². The van der Waals surface area contributed by atoms with E-state index in [1.54, 1.807) is 23.1 Å². The van der Waals surface area contributed by atoms with E-state index in [9.17, 15) is 19.5 Å². The smallest absolute Gasteiger partial charge is 0.307 e. The number of carboxylic acid groups (broad SMARTS) is 1. The van der Waals surface area contributed by atoms with Gasteiger partial charge in [-0.15, -0.1) is 0 Å². The molecule has 1 saturated heterocycles. The van der Waals surface area contributed by atoms with Crippen LogP contribution in [0.2, 0.25) is 0 Å². The Hall–Kier alpha value is -2.63. The van der Waals surface area contributed by atoms with Crippen molar-refractivity contribution in [2.75, 3.05) is 16.8 Å². The Bertz CT molecular complexity index is 772. The van der Waals surface area contributed by atoms with E-state index >= 15 is 0 Å². The number of benzene rings is 1. The molecule has 1 aromatic rings. The number of amides is 2. The molecule has 6 heteroatoms. The molecule has 6 nitrogen and oxygen atoms in total. The predicted octanol–water partition coefficient (Wildman–Crippen LogP) is 2.27. The summed E-state index contributed by atoms with van der Waals surface area (Å²) in [6, 6.07) is 7.19. The largest absolute Gasteiger partial charge is 0.481 e. The summed E-state index contributed by atoms with van der Waals surface area (Å²) in [6.45, 7) is 0.689. The molecule has 130 valence electrons. The van der Waals surface area contributed by atoms with Gasteiger partial charge in [0.1, 0.15) is 0 Å². The van der Waals surface area contributed by atoms with Crippen molar-refractivity contribution >= 4 is 29.2 Å². The van der Waals surface area contributed by atoms with Gasteiger partial charge in [0.05, 0.1) is 11.8 Å². The zero-order valence-electron chi connectivity index (χ0n) is 13.7. The maximum absolute atomic E-state index is 12.7. The van der Waals surface area contributed by atoms with Gasteiger partial charge < -0.3 is 15.3 Å². The Morgan fingerprint density at radius 1 is 1.16 bits per heavy atom. The van der Waals surface area contributed by atoms with Crippen molar-refractivity contribution in [1.29, 1.82) is 0 Å². The Morgan fingerprint density at radius 2 is 1.92 bits per heavy atom. The molecule has 2 amide bonds. The Labute approximate surface area is 145 Å². The number of hydrogen-bond acceptors (Lipinski definition) is 3. The van der Waals surface area contributed by atoms with E-state index in [1.165, 1.54) is 0 Å². The van der Waals surface area contributed by atoms with Crippen molar-refractivity contribution in [3.63, 3.8) is 0 Å². The second-order valence-electron chi connectivity index (χ2n) is 7.03. The van der Waals surface area contributed by atoms with Gasteiger partial charge in [0, 0.05) is 24.3 Å². The number of carbonyl (C=O) groups excluding carboxylic acids is 2. The average Bonchev–Trinajstić information content (AvgIpc) is 3.29. The molecule has 2 fully saturated rings. The van der Waals surface area contributed by atoms with E-state index in [4.69, 9.17) is 0 Å². The van der Waals surface area contributed by atoms with Crippen LogP contribution >= 0.6 is 0 Å². The maximum atomic E-state index is 12.7. The van der Waals surface area contributed by atoms with Crippen LogP contribution in [-0.2, 0) is 14.4 Å². The van der Waals surface area contributed by atoms with Crippen molar-refractivity contribution in [3.8, 4) is 0 Å². The number of carboxylic acids is 1. The highest BCUT2D eigenvalue weighted by atomic mass is 16.4. The van der Waals surface area contributed by atoms with E-state index in [0.29, 0.717) is 18.7 Å². The molecule has 0 radical (unpaired) electrons. The highest BCUT2D eigenvalue weighted by Gasteiger charge is 2.51. The Morgan fingerprint density at radius 3 is 2.60 bits per heavy atom. The molecule has 1 aliphatic heterocycles. The van der Waals surface area contributed by atoms with E-state index in [-0.39, 0.29) is 23.7 Å². The van der Waals surface area contributed by atoms with Crippen molar-refractivity contribution < 1.29 is 19.5 Å². The fourth-order valence-electron chi connectivity index (χ4n) is 4.41. The van der Waals surface area contributed by atoms with Gasteiger partial charge in [-0.25, -0.2) is 0 Å². The molecule has 0 unspecified atom stereocenters. The number of anilines is 2. The molecular formula is C19H20N2O4. The highest BCUT2D eigenvalue weighted by molar-refractivity contribution is 5.98. The molecule has 25 heavy (non-hydrogen) atoms. The minimum Gasteiger partial charge on any atom is -0.481 e. The summed E-state index contributed by atoms with van der Waals surface area (Å²) in [4.78, 5) is 37.9. The van der Waals surface area contributed by atoms with E-state index in [0.717, 1.165) is 18.5 Å². The number of rotatable bonds is 4. The molecule has 1 aromatic carbocycles. The van der Waals surface area contributed by atoms with Crippen LogP contribution in [0.5, 0.6) is 0 Å². The van der Waals surface area contributed by atoms with Crippen molar-refractivity contribution in [2.45, 2.75) is 19.3 Å². The van der Waals surface area contributed by atoms with Gasteiger partial charge in [-0.2, -0.15) is 0 Å². The van der Waals surface area contributed by atoms with Crippen LogP contribution in [0, 0.1) is 23.7 Å². The van der Waals surface area contributed by atoms with Gasteiger partial charge in [0.25, 0.3) is 0 Å². The summed E-state index contributed by atoms with van der Waals surface area (Å²) in [6.07, 6.45) is 6.01. The monoisotopic (exact) mass is 340 g/mol. The number of carbonyl (C=O) groups is 3. The first-order chi connectivity index (χ1) is 12.0. The third-order valence-electron chi connectivity index (χ3n) is 5.55. The zero-order chi connectivity index (χ0) is 17.6. The number of nitrogens with zero attached hydrogens (tertiary/aromatic N) is 1. The topological polar surface area (TPSA) is 86.7 Å². The van der Waals surface area contributed by atoms with Gasteiger partial charge >= 0.3 is 5.97 Å². The summed E-state index contributed by atoms with van der Waals surface area (Å²) >= 11 is 0. The number of allylic oxidation sites excluding steroid dienone is 2. The van der Waals surface area contributed by atoms with Gasteiger partial charge in [0.2, 0.25) is 11.8 Å². The molecule has 2 N–H and O–H groups in total. The second-order valence-corrected chi connectivity index (χ2v) is 7.03. The standard InChI is InChI=1S/C19H20N2O4/c22-15-5-2-8-21(15)14-4-1-3-13(10-14)20-18(23)16-11-6-7-12(9-11)17(16)19(24)25/h1,3-4,6-7,10-12,16-17H,2,5,8-9H2,(H,20,23)(H,24,25)/t11-,12+,16+,17+/m1/s1. The Balaban J connectivity index is 1.52. The fraction of sp³-hybridized carbons (Fsp3) is 0.421. The molecule has 1 saturated carbocycles.